The topological polar surface area (TPSA) is 32.3 Å². The van der Waals surface area contributed by atoms with Crippen LogP contribution in [0.4, 0.5) is 8.78 Å². The zero-order chi connectivity index (χ0) is 15.0. The summed E-state index contributed by atoms with van der Waals surface area (Å²) in [5, 5.41) is 3.11. The van der Waals surface area contributed by atoms with E-state index in [1.807, 2.05) is 4.90 Å². The molecule has 1 aromatic rings. The van der Waals surface area contributed by atoms with Crippen molar-refractivity contribution >= 4 is 5.91 Å². The Bertz CT molecular complexity index is 543. The minimum Gasteiger partial charge on any atom is -0.319 e. The van der Waals surface area contributed by atoms with Crippen molar-refractivity contribution in [2.24, 2.45) is 5.92 Å². The summed E-state index contributed by atoms with van der Waals surface area (Å²) >= 11 is 0. The van der Waals surface area contributed by atoms with Gasteiger partial charge in [-0.15, -0.1) is 0 Å². The molecule has 0 bridgehead atoms. The molecule has 1 saturated heterocycles. The molecule has 114 valence electrons. The molecule has 2 fully saturated rings. The molecule has 0 aromatic heterocycles. The van der Waals surface area contributed by atoms with E-state index < -0.39 is 11.6 Å². The Morgan fingerprint density at radius 2 is 1.95 bits per heavy atom. The minimum atomic E-state index is -0.873. The SMILES string of the molecule is CC(C1CCCC1)N1C(=O)CNC1c1ccc(F)c(F)c1. The number of halogens is 2. The van der Waals surface area contributed by atoms with Gasteiger partial charge in [-0.3, -0.25) is 10.1 Å². The Balaban J connectivity index is 1.86. The van der Waals surface area contributed by atoms with Gasteiger partial charge in [-0.1, -0.05) is 18.9 Å². The van der Waals surface area contributed by atoms with Gasteiger partial charge < -0.3 is 4.90 Å². The predicted octanol–water partition coefficient (Wildman–Crippen LogP) is 2.97. The van der Waals surface area contributed by atoms with Gasteiger partial charge in [-0.2, -0.15) is 0 Å². The first kappa shape index (κ1) is 14.4. The first-order valence-corrected chi connectivity index (χ1v) is 7.57. The molecular weight excluding hydrogens is 274 g/mol. The summed E-state index contributed by atoms with van der Waals surface area (Å²) in [7, 11) is 0. The molecule has 2 atom stereocenters. The molecule has 1 heterocycles. The van der Waals surface area contributed by atoms with Gasteiger partial charge in [0.2, 0.25) is 5.91 Å². The molecule has 0 radical (unpaired) electrons. The molecule has 2 aliphatic rings. The van der Waals surface area contributed by atoms with Gasteiger partial charge in [-0.25, -0.2) is 8.78 Å². The Morgan fingerprint density at radius 3 is 2.62 bits per heavy atom. The second-order valence-electron chi connectivity index (χ2n) is 6.04. The van der Waals surface area contributed by atoms with Gasteiger partial charge in [0.05, 0.1) is 6.54 Å². The summed E-state index contributed by atoms with van der Waals surface area (Å²) in [6.07, 6.45) is 4.33. The number of hydrogen-bond acceptors (Lipinski definition) is 2. The van der Waals surface area contributed by atoms with Crippen LogP contribution in [0.1, 0.15) is 44.3 Å². The van der Waals surface area contributed by atoms with E-state index in [0.29, 0.717) is 11.5 Å². The van der Waals surface area contributed by atoms with Crippen molar-refractivity contribution in [3.8, 4) is 0 Å². The van der Waals surface area contributed by atoms with E-state index in [0.717, 1.165) is 18.9 Å². The molecule has 1 N–H and O–H groups in total. The lowest BCUT2D eigenvalue weighted by Crippen LogP contribution is -2.41. The number of nitrogens with zero attached hydrogens (tertiary/aromatic N) is 1. The molecule has 1 aliphatic heterocycles. The lowest BCUT2D eigenvalue weighted by atomic mass is 9.97. The van der Waals surface area contributed by atoms with Crippen molar-refractivity contribution < 1.29 is 13.6 Å². The van der Waals surface area contributed by atoms with Crippen LogP contribution in [0.2, 0.25) is 0 Å². The molecule has 1 saturated carbocycles. The molecular formula is C16H20F2N2O. The molecule has 5 heteroatoms. The standard InChI is InChI=1S/C16H20F2N2O/c1-10(11-4-2-3-5-11)20-15(21)9-19-16(20)12-6-7-13(17)14(18)8-12/h6-8,10-11,16,19H,2-5,9H2,1H3. The monoisotopic (exact) mass is 294 g/mol. The van der Waals surface area contributed by atoms with Crippen LogP contribution in [-0.2, 0) is 4.79 Å². The zero-order valence-corrected chi connectivity index (χ0v) is 12.1. The van der Waals surface area contributed by atoms with Gasteiger partial charge >= 0.3 is 0 Å². The van der Waals surface area contributed by atoms with Crippen LogP contribution in [-0.4, -0.2) is 23.4 Å². The van der Waals surface area contributed by atoms with E-state index in [1.54, 1.807) is 6.07 Å². The maximum atomic E-state index is 13.5. The van der Waals surface area contributed by atoms with Crippen LogP contribution in [0.15, 0.2) is 18.2 Å². The third-order valence-electron chi connectivity index (χ3n) is 4.79. The second kappa shape index (κ2) is 5.72. The van der Waals surface area contributed by atoms with Gasteiger partial charge in [0, 0.05) is 6.04 Å². The number of nitrogens with one attached hydrogen (secondary N) is 1. The quantitative estimate of drug-likeness (QED) is 0.929. The predicted molar refractivity (Wildman–Crippen MR) is 75.4 cm³/mol. The Hall–Kier alpha value is -1.49. The van der Waals surface area contributed by atoms with E-state index in [4.69, 9.17) is 0 Å². The second-order valence-corrected chi connectivity index (χ2v) is 6.04. The van der Waals surface area contributed by atoms with Crippen molar-refractivity contribution in [1.82, 2.24) is 10.2 Å². The number of carbonyl (C=O) groups is 1. The Labute approximate surface area is 123 Å². The van der Waals surface area contributed by atoms with E-state index in [1.165, 1.54) is 18.9 Å². The van der Waals surface area contributed by atoms with Crippen molar-refractivity contribution in [1.29, 1.82) is 0 Å². The highest BCUT2D eigenvalue weighted by Crippen LogP contribution is 2.35. The number of carbonyl (C=O) groups excluding carboxylic acids is 1. The Morgan fingerprint density at radius 1 is 1.24 bits per heavy atom. The number of hydrogen-bond donors (Lipinski definition) is 1. The van der Waals surface area contributed by atoms with Gasteiger partial charge in [0.15, 0.2) is 11.6 Å². The largest absolute Gasteiger partial charge is 0.319 e. The first-order chi connectivity index (χ1) is 10.1. The third kappa shape index (κ3) is 2.67. The fourth-order valence-electron chi connectivity index (χ4n) is 3.61. The summed E-state index contributed by atoms with van der Waals surface area (Å²) in [5.74, 6) is -1.20. The lowest BCUT2D eigenvalue weighted by molar-refractivity contribution is -0.131. The van der Waals surface area contributed by atoms with E-state index in [-0.39, 0.29) is 24.7 Å². The van der Waals surface area contributed by atoms with Gasteiger partial charge in [0.1, 0.15) is 6.17 Å². The lowest BCUT2D eigenvalue weighted by Gasteiger charge is -2.34. The van der Waals surface area contributed by atoms with Gasteiger partial charge in [0.25, 0.3) is 0 Å². The molecule has 3 rings (SSSR count). The van der Waals surface area contributed by atoms with E-state index in [2.05, 4.69) is 12.2 Å². The molecule has 21 heavy (non-hydrogen) atoms. The van der Waals surface area contributed by atoms with Gasteiger partial charge in [-0.05, 0) is 43.4 Å². The van der Waals surface area contributed by atoms with Crippen LogP contribution in [0, 0.1) is 17.6 Å². The van der Waals surface area contributed by atoms with Crippen LogP contribution < -0.4 is 5.32 Å². The molecule has 1 aromatic carbocycles. The molecule has 3 nitrogen and oxygen atoms in total. The summed E-state index contributed by atoms with van der Waals surface area (Å²) in [6, 6.07) is 3.96. The summed E-state index contributed by atoms with van der Waals surface area (Å²) in [6.45, 7) is 2.31. The van der Waals surface area contributed by atoms with Crippen molar-refractivity contribution in [3.63, 3.8) is 0 Å². The normalized spacial score (nSPS) is 24.8. The minimum absolute atomic E-state index is 0.0316. The summed E-state index contributed by atoms with van der Waals surface area (Å²) in [4.78, 5) is 14.0. The third-order valence-corrected chi connectivity index (χ3v) is 4.79. The molecule has 0 spiro atoms. The fraction of sp³-hybridized carbons (Fsp3) is 0.562. The number of amides is 1. The van der Waals surface area contributed by atoms with Crippen molar-refractivity contribution in [3.05, 3.63) is 35.4 Å². The Kier molecular flexibility index (Phi) is 3.93. The maximum Gasteiger partial charge on any atom is 0.238 e. The average molecular weight is 294 g/mol. The van der Waals surface area contributed by atoms with Crippen LogP contribution in [0.25, 0.3) is 0 Å². The smallest absolute Gasteiger partial charge is 0.238 e. The summed E-state index contributed by atoms with van der Waals surface area (Å²) in [5.41, 5.74) is 0.601. The average Bonchev–Trinajstić information content (AvgIpc) is 3.11. The van der Waals surface area contributed by atoms with E-state index in [9.17, 15) is 13.6 Å². The highest BCUT2D eigenvalue weighted by Gasteiger charge is 2.38. The highest BCUT2D eigenvalue weighted by atomic mass is 19.2. The maximum absolute atomic E-state index is 13.5. The van der Waals surface area contributed by atoms with Crippen LogP contribution >= 0.6 is 0 Å². The first-order valence-electron chi connectivity index (χ1n) is 7.57. The molecule has 1 aliphatic carbocycles. The zero-order valence-electron chi connectivity index (χ0n) is 12.1. The molecule has 2 unspecified atom stereocenters. The fourth-order valence-corrected chi connectivity index (χ4v) is 3.61. The van der Waals surface area contributed by atoms with E-state index >= 15 is 0 Å². The highest BCUT2D eigenvalue weighted by molar-refractivity contribution is 5.81. The summed E-state index contributed by atoms with van der Waals surface area (Å²) < 4.78 is 26.5. The van der Waals surface area contributed by atoms with Crippen LogP contribution in [0.5, 0.6) is 0 Å². The molecule has 1 amide bonds. The van der Waals surface area contributed by atoms with Crippen molar-refractivity contribution in [2.45, 2.75) is 44.8 Å². The number of benzene rings is 1. The van der Waals surface area contributed by atoms with Crippen molar-refractivity contribution in [2.75, 3.05) is 6.54 Å². The van der Waals surface area contributed by atoms with Crippen LogP contribution in [0.3, 0.4) is 0 Å². The number of rotatable bonds is 3.